The first kappa shape index (κ1) is 14.7. The lowest BCUT2D eigenvalue weighted by molar-refractivity contribution is -0.141. The van der Waals surface area contributed by atoms with Crippen molar-refractivity contribution in [1.82, 2.24) is 10.3 Å². The fraction of sp³-hybridized carbons (Fsp3) is 0.308. The predicted molar refractivity (Wildman–Crippen MR) is 78.0 cm³/mol. The van der Waals surface area contributed by atoms with Gasteiger partial charge in [0.1, 0.15) is 4.88 Å². The average molecular weight is 310 g/mol. The predicted octanol–water partition coefficient (Wildman–Crippen LogP) is 2.55. The van der Waals surface area contributed by atoms with Crippen LogP contribution in [0.2, 0.25) is 0 Å². The van der Waals surface area contributed by atoms with Crippen LogP contribution >= 0.6 is 22.7 Å². The summed E-state index contributed by atoms with van der Waals surface area (Å²) < 4.78 is 4.68. The summed E-state index contributed by atoms with van der Waals surface area (Å²) in [5.74, 6) is -0.572. The molecule has 0 saturated heterocycles. The number of hydrogen-bond acceptors (Lipinski definition) is 6. The zero-order valence-electron chi connectivity index (χ0n) is 11.1. The number of rotatable bonds is 5. The van der Waals surface area contributed by atoms with Crippen molar-refractivity contribution in [2.75, 3.05) is 7.11 Å². The van der Waals surface area contributed by atoms with Crippen molar-refractivity contribution in [3.63, 3.8) is 0 Å². The van der Waals surface area contributed by atoms with Crippen molar-refractivity contribution in [2.45, 2.75) is 19.4 Å². The molecule has 1 amide bonds. The van der Waals surface area contributed by atoms with Crippen LogP contribution in [0.5, 0.6) is 0 Å². The molecule has 2 aromatic rings. The minimum Gasteiger partial charge on any atom is -0.469 e. The van der Waals surface area contributed by atoms with E-state index < -0.39 is 0 Å². The summed E-state index contributed by atoms with van der Waals surface area (Å²) in [6.07, 6.45) is 0.112. The number of carbonyl (C=O) groups is 2. The van der Waals surface area contributed by atoms with E-state index in [1.54, 1.807) is 12.4 Å². The number of hydrogen-bond donors (Lipinski definition) is 1. The van der Waals surface area contributed by atoms with Crippen LogP contribution in [-0.4, -0.2) is 24.0 Å². The SMILES string of the molecule is COC(=O)C[C@H](NC(=O)c1scnc1C)c1cccs1. The zero-order chi connectivity index (χ0) is 14.5. The number of aromatic nitrogens is 1. The Morgan fingerprint density at radius 2 is 2.25 bits per heavy atom. The summed E-state index contributed by atoms with van der Waals surface area (Å²) in [5, 5.41) is 4.78. The average Bonchev–Trinajstić information content (AvgIpc) is 3.08. The van der Waals surface area contributed by atoms with Gasteiger partial charge in [-0.2, -0.15) is 0 Å². The van der Waals surface area contributed by atoms with E-state index in [0.717, 1.165) is 4.88 Å². The van der Waals surface area contributed by atoms with Crippen LogP contribution in [-0.2, 0) is 9.53 Å². The van der Waals surface area contributed by atoms with Gasteiger partial charge in [-0.1, -0.05) is 6.07 Å². The van der Waals surface area contributed by atoms with Crippen molar-refractivity contribution >= 4 is 34.6 Å². The van der Waals surface area contributed by atoms with E-state index in [0.29, 0.717) is 10.6 Å². The number of nitrogens with zero attached hydrogens (tertiary/aromatic N) is 1. The fourth-order valence-corrected chi connectivity index (χ4v) is 3.19. The van der Waals surface area contributed by atoms with Crippen LogP contribution in [0.3, 0.4) is 0 Å². The molecular formula is C13H14N2O3S2. The van der Waals surface area contributed by atoms with Gasteiger partial charge in [0, 0.05) is 4.88 Å². The molecule has 1 atom stereocenters. The first-order valence-electron chi connectivity index (χ1n) is 5.93. The molecular weight excluding hydrogens is 296 g/mol. The lowest BCUT2D eigenvalue weighted by Crippen LogP contribution is -2.29. The van der Waals surface area contributed by atoms with E-state index in [-0.39, 0.29) is 24.3 Å². The number of thiophene rings is 1. The summed E-state index contributed by atoms with van der Waals surface area (Å²) >= 11 is 2.78. The number of nitrogens with one attached hydrogen (secondary N) is 1. The van der Waals surface area contributed by atoms with Gasteiger partial charge in [0.15, 0.2) is 0 Å². The molecule has 1 N–H and O–H groups in total. The Balaban J connectivity index is 2.14. The molecule has 2 heterocycles. The maximum Gasteiger partial charge on any atom is 0.307 e. The number of methoxy groups -OCH3 is 1. The van der Waals surface area contributed by atoms with Gasteiger partial charge >= 0.3 is 5.97 Å². The lowest BCUT2D eigenvalue weighted by atomic mass is 10.1. The largest absolute Gasteiger partial charge is 0.469 e. The second-order valence-electron chi connectivity index (χ2n) is 4.09. The Morgan fingerprint density at radius 3 is 2.80 bits per heavy atom. The van der Waals surface area contributed by atoms with E-state index in [1.807, 2.05) is 17.5 Å². The minimum absolute atomic E-state index is 0.112. The van der Waals surface area contributed by atoms with Gasteiger partial charge in [-0.25, -0.2) is 4.98 Å². The Hall–Kier alpha value is -1.73. The Kier molecular flexibility index (Phi) is 4.86. The fourth-order valence-electron chi connectivity index (χ4n) is 1.71. The Bertz CT molecular complexity index is 593. The summed E-state index contributed by atoms with van der Waals surface area (Å²) in [7, 11) is 1.34. The third kappa shape index (κ3) is 3.43. The van der Waals surface area contributed by atoms with Crippen LogP contribution < -0.4 is 5.32 Å². The van der Waals surface area contributed by atoms with E-state index in [9.17, 15) is 9.59 Å². The molecule has 2 aromatic heterocycles. The third-order valence-corrected chi connectivity index (χ3v) is 4.66. The first-order valence-corrected chi connectivity index (χ1v) is 7.69. The minimum atomic E-state index is -0.378. The molecule has 0 radical (unpaired) electrons. The molecule has 106 valence electrons. The highest BCUT2D eigenvalue weighted by Gasteiger charge is 2.22. The van der Waals surface area contributed by atoms with Crippen LogP contribution in [0.1, 0.15) is 32.7 Å². The first-order chi connectivity index (χ1) is 9.61. The van der Waals surface area contributed by atoms with E-state index in [2.05, 4.69) is 15.0 Å². The molecule has 5 nitrogen and oxygen atoms in total. The highest BCUT2D eigenvalue weighted by Crippen LogP contribution is 2.23. The molecule has 20 heavy (non-hydrogen) atoms. The molecule has 0 aromatic carbocycles. The van der Waals surface area contributed by atoms with Gasteiger partial charge in [0.2, 0.25) is 0 Å². The number of thiazole rings is 1. The summed E-state index contributed by atoms with van der Waals surface area (Å²) in [6, 6.07) is 3.39. The highest BCUT2D eigenvalue weighted by molar-refractivity contribution is 7.12. The van der Waals surface area contributed by atoms with Gasteiger partial charge in [0.05, 0.1) is 30.8 Å². The molecule has 7 heteroatoms. The Morgan fingerprint density at radius 1 is 1.45 bits per heavy atom. The van der Waals surface area contributed by atoms with Crippen LogP contribution in [0.15, 0.2) is 23.0 Å². The normalized spacial score (nSPS) is 11.9. The van der Waals surface area contributed by atoms with E-state index in [4.69, 9.17) is 0 Å². The second-order valence-corrected chi connectivity index (χ2v) is 5.92. The van der Waals surface area contributed by atoms with Crippen LogP contribution in [0, 0.1) is 6.92 Å². The smallest absolute Gasteiger partial charge is 0.307 e. The summed E-state index contributed by atoms with van der Waals surface area (Å²) in [4.78, 5) is 29.2. The van der Waals surface area contributed by atoms with E-state index in [1.165, 1.54) is 29.8 Å². The van der Waals surface area contributed by atoms with Gasteiger partial charge in [-0.3, -0.25) is 9.59 Å². The summed E-state index contributed by atoms with van der Waals surface area (Å²) in [5.41, 5.74) is 2.32. The molecule has 0 aliphatic heterocycles. The van der Waals surface area contributed by atoms with Crippen molar-refractivity contribution in [2.24, 2.45) is 0 Å². The molecule has 0 saturated carbocycles. The molecule has 0 spiro atoms. The van der Waals surface area contributed by atoms with Crippen molar-refractivity contribution in [1.29, 1.82) is 0 Å². The monoisotopic (exact) mass is 310 g/mol. The number of esters is 1. The summed E-state index contributed by atoms with van der Waals surface area (Å²) in [6.45, 7) is 1.78. The molecule has 0 unspecified atom stereocenters. The number of amides is 1. The molecule has 2 rings (SSSR count). The van der Waals surface area contributed by atoms with Crippen molar-refractivity contribution in [3.8, 4) is 0 Å². The quantitative estimate of drug-likeness (QED) is 0.862. The number of carbonyl (C=O) groups excluding carboxylic acids is 2. The molecule has 0 aliphatic rings. The molecule has 0 fully saturated rings. The van der Waals surface area contributed by atoms with E-state index >= 15 is 0 Å². The maximum absolute atomic E-state index is 12.2. The zero-order valence-corrected chi connectivity index (χ0v) is 12.7. The standard InChI is InChI=1S/C13H14N2O3S2/c1-8-12(20-7-14-8)13(17)15-9(6-11(16)18-2)10-4-3-5-19-10/h3-5,7,9H,6H2,1-2H3,(H,15,17)/t9-/m0/s1. The number of ether oxygens (including phenoxy) is 1. The highest BCUT2D eigenvalue weighted by atomic mass is 32.1. The van der Waals surface area contributed by atoms with Gasteiger partial charge in [0.25, 0.3) is 5.91 Å². The maximum atomic E-state index is 12.2. The van der Waals surface area contributed by atoms with Crippen molar-refractivity contribution < 1.29 is 14.3 Å². The topological polar surface area (TPSA) is 68.3 Å². The molecule has 0 aliphatic carbocycles. The molecule has 0 bridgehead atoms. The van der Waals surface area contributed by atoms with Crippen LogP contribution in [0.4, 0.5) is 0 Å². The number of aryl methyl sites for hydroxylation is 1. The van der Waals surface area contributed by atoms with Gasteiger partial charge in [-0.15, -0.1) is 22.7 Å². The third-order valence-electron chi connectivity index (χ3n) is 2.74. The van der Waals surface area contributed by atoms with Crippen LogP contribution in [0.25, 0.3) is 0 Å². The van der Waals surface area contributed by atoms with Crippen molar-refractivity contribution in [3.05, 3.63) is 38.5 Å². The van der Waals surface area contributed by atoms with Gasteiger partial charge in [-0.05, 0) is 18.4 Å². The second kappa shape index (κ2) is 6.62. The van der Waals surface area contributed by atoms with Gasteiger partial charge < -0.3 is 10.1 Å². The Labute approximate surface area is 124 Å². The lowest BCUT2D eigenvalue weighted by Gasteiger charge is -2.16.